The predicted octanol–water partition coefficient (Wildman–Crippen LogP) is 2.04. The molecule has 0 bridgehead atoms. The van der Waals surface area contributed by atoms with Gasteiger partial charge < -0.3 is 10.2 Å². The van der Waals surface area contributed by atoms with Crippen LogP contribution in [0.3, 0.4) is 0 Å². The van der Waals surface area contributed by atoms with Gasteiger partial charge in [0.05, 0.1) is 0 Å². The Balaban J connectivity index is 1.49. The van der Waals surface area contributed by atoms with Gasteiger partial charge in [0.15, 0.2) is 5.65 Å². The molecular formula is C19H21N5O2. The highest BCUT2D eigenvalue weighted by Crippen LogP contribution is 2.25. The zero-order chi connectivity index (χ0) is 18.1. The van der Waals surface area contributed by atoms with E-state index in [1.807, 2.05) is 19.1 Å². The van der Waals surface area contributed by atoms with Gasteiger partial charge in [-0.3, -0.25) is 9.20 Å². The van der Waals surface area contributed by atoms with Crippen LogP contribution >= 0.6 is 0 Å². The number of aromatic nitrogens is 3. The first-order valence-corrected chi connectivity index (χ1v) is 8.81. The standard InChI is InChI=1S/C19H21N5O2/c1-14-12-15(22-9-4-5-10-22)7-8-16(14)20-18(25)13-24-19(26)23-11-3-2-6-17(23)21-24/h2-3,6-8,11-12H,4-5,9-10,13H2,1H3,(H,20,25). The van der Waals surface area contributed by atoms with Gasteiger partial charge in [0, 0.05) is 30.7 Å². The molecule has 0 atom stereocenters. The maximum Gasteiger partial charge on any atom is 0.350 e. The summed E-state index contributed by atoms with van der Waals surface area (Å²) in [7, 11) is 0. The quantitative estimate of drug-likeness (QED) is 0.781. The van der Waals surface area contributed by atoms with E-state index in [1.54, 1.807) is 24.4 Å². The normalized spacial score (nSPS) is 14.1. The number of carbonyl (C=O) groups is 1. The van der Waals surface area contributed by atoms with Gasteiger partial charge in [-0.1, -0.05) is 6.07 Å². The lowest BCUT2D eigenvalue weighted by atomic mass is 10.1. The molecule has 3 aromatic rings. The Morgan fingerprint density at radius 2 is 2.00 bits per heavy atom. The third kappa shape index (κ3) is 3.08. The summed E-state index contributed by atoms with van der Waals surface area (Å²) >= 11 is 0. The summed E-state index contributed by atoms with van der Waals surface area (Å²) in [4.78, 5) is 27.0. The Kier molecular flexibility index (Phi) is 4.20. The summed E-state index contributed by atoms with van der Waals surface area (Å²) in [6.07, 6.45) is 4.09. The van der Waals surface area contributed by atoms with Crippen molar-refractivity contribution in [2.24, 2.45) is 0 Å². The van der Waals surface area contributed by atoms with Crippen LogP contribution in [0, 0.1) is 6.92 Å². The van der Waals surface area contributed by atoms with E-state index in [2.05, 4.69) is 21.4 Å². The van der Waals surface area contributed by atoms with E-state index in [4.69, 9.17) is 0 Å². The minimum absolute atomic E-state index is 0.117. The average Bonchev–Trinajstić information content (AvgIpc) is 3.26. The molecule has 7 nitrogen and oxygen atoms in total. The zero-order valence-electron chi connectivity index (χ0n) is 14.7. The minimum Gasteiger partial charge on any atom is -0.372 e. The number of benzene rings is 1. The zero-order valence-corrected chi connectivity index (χ0v) is 14.7. The molecule has 0 radical (unpaired) electrons. The Labute approximate surface area is 150 Å². The van der Waals surface area contributed by atoms with E-state index < -0.39 is 0 Å². The third-order valence-electron chi connectivity index (χ3n) is 4.74. The van der Waals surface area contributed by atoms with Gasteiger partial charge in [-0.15, -0.1) is 5.10 Å². The van der Waals surface area contributed by atoms with Gasteiger partial charge in [-0.25, -0.2) is 9.48 Å². The number of pyridine rings is 1. The molecule has 7 heteroatoms. The molecule has 4 rings (SSSR count). The van der Waals surface area contributed by atoms with Crippen molar-refractivity contribution < 1.29 is 4.79 Å². The summed E-state index contributed by atoms with van der Waals surface area (Å²) < 4.78 is 2.60. The van der Waals surface area contributed by atoms with Crippen LogP contribution in [0.5, 0.6) is 0 Å². The van der Waals surface area contributed by atoms with Crippen molar-refractivity contribution in [2.75, 3.05) is 23.3 Å². The van der Waals surface area contributed by atoms with Gasteiger partial charge >= 0.3 is 5.69 Å². The maximum absolute atomic E-state index is 12.4. The fraction of sp³-hybridized carbons (Fsp3) is 0.316. The van der Waals surface area contributed by atoms with Crippen molar-refractivity contribution in [3.63, 3.8) is 0 Å². The van der Waals surface area contributed by atoms with Crippen LogP contribution in [0.1, 0.15) is 18.4 Å². The van der Waals surface area contributed by atoms with E-state index >= 15 is 0 Å². The Hall–Kier alpha value is -3.09. The largest absolute Gasteiger partial charge is 0.372 e. The first-order valence-electron chi connectivity index (χ1n) is 8.81. The second kappa shape index (κ2) is 6.67. The Bertz CT molecular complexity index is 1010. The van der Waals surface area contributed by atoms with Gasteiger partial charge in [0.1, 0.15) is 6.54 Å². The highest BCUT2D eigenvalue weighted by molar-refractivity contribution is 5.91. The van der Waals surface area contributed by atoms with E-state index in [9.17, 15) is 9.59 Å². The fourth-order valence-electron chi connectivity index (χ4n) is 3.36. The molecule has 1 fully saturated rings. The molecule has 1 aliphatic rings. The van der Waals surface area contributed by atoms with Crippen LogP contribution < -0.4 is 15.9 Å². The summed E-state index contributed by atoms with van der Waals surface area (Å²) in [5.74, 6) is -0.271. The van der Waals surface area contributed by atoms with E-state index in [0.717, 1.165) is 24.3 Å². The van der Waals surface area contributed by atoms with Crippen LogP contribution in [0.25, 0.3) is 5.65 Å². The molecule has 0 aliphatic carbocycles. The summed E-state index contributed by atoms with van der Waals surface area (Å²) in [5.41, 5.74) is 3.16. The molecule has 26 heavy (non-hydrogen) atoms. The highest BCUT2D eigenvalue weighted by Gasteiger charge is 2.15. The first-order chi connectivity index (χ1) is 12.6. The number of carbonyl (C=O) groups excluding carboxylic acids is 1. The van der Waals surface area contributed by atoms with Gasteiger partial charge in [0.2, 0.25) is 5.91 Å². The number of amides is 1. The Morgan fingerprint density at radius 1 is 1.19 bits per heavy atom. The minimum atomic E-state index is -0.322. The number of nitrogens with one attached hydrogen (secondary N) is 1. The monoisotopic (exact) mass is 351 g/mol. The summed E-state index contributed by atoms with van der Waals surface area (Å²) in [5, 5.41) is 7.06. The molecule has 1 N–H and O–H groups in total. The van der Waals surface area contributed by atoms with E-state index in [-0.39, 0.29) is 18.1 Å². The lowest BCUT2D eigenvalue weighted by molar-refractivity contribution is -0.117. The number of hydrogen-bond acceptors (Lipinski definition) is 4. The second-order valence-electron chi connectivity index (χ2n) is 6.61. The topological polar surface area (TPSA) is 71.6 Å². The molecule has 1 saturated heterocycles. The molecule has 134 valence electrons. The van der Waals surface area contributed by atoms with Crippen LogP contribution in [0.2, 0.25) is 0 Å². The smallest absolute Gasteiger partial charge is 0.350 e. The predicted molar refractivity (Wildman–Crippen MR) is 101 cm³/mol. The summed E-state index contributed by atoms with van der Waals surface area (Å²) in [6, 6.07) is 11.3. The molecule has 1 aromatic carbocycles. The highest BCUT2D eigenvalue weighted by atomic mass is 16.2. The van der Waals surface area contributed by atoms with Crippen LogP contribution in [0.15, 0.2) is 47.4 Å². The van der Waals surface area contributed by atoms with Gasteiger partial charge in [0.25, 0.3) is 0 Å². The lowest BCUT2D eigenvalue weighted by Gasteiger charge is -2.19. The van der Waals surface area contributed by atoms with Crippen molar-refractivity contribution in [1.29, 1.82) is 0 Å². The van der Waals surface area contributed by atoms with Crippen molar-refractivity contribution in [1.82, 2.24) is 14.2 Å². The first kappa shape index (κ1) is 16.4. The Morgan fingerprint density at radius 3 is 2.73 bits per heavy atom. The molecule has 0 saturated carbocycles. The SMILES string of the molecule is Cc1cc(N2CCCC2)ccc1NC(=O)Cn1nc2ccccn2c1=O. The summed E-state index contributed by atoms with van der Waals surface area (Å²) in [6.45, 7) is 4.03. The van der Waals surface area contributed by atoms with Gasteiger partial charge in [-0.05, 0) is 55.7 Å². The van der Waals surface area contributed by atoms with Crippen molar-refractivity contribution in [3.05, 3.63) is 58.6 Å². The third-order valence-corrected chi connectivity index (χ3v) is 4.74. The molecule has 1 amide bonds. The molecule has 2 aromatic heterocycles. The van der Waals surface area contributed by atoms with Gasteiger partial charge in [-0.2, -0.15) is 0 Å². The van der Waals surface area contributed by atoms with E-state index in [1.165, 1.54) is 27.6 Å². The number of aryl methyl sites for hydroxylation is 1. The van der Waals surface area contributed by atoms with Crippen molar-refractivity contribution in [2.45, 2.75) is 26.3 Å². The number of hydrogen-bond donors (Lipinski definition) is 1. The van der Waals surface area contributed by atoms with Crippen LogP contribution in [-0.2, 0) is 11.3 Å². The molecule has 1 aliphatic heterocycles. The van der Waals surface area contributed by atoms with E-state index in [0.29, 0.717) is 5.65 Å². The van der Waals surface area contributed by atoms with Crippen LogP contribution in [-0.4, -0.2) is 33.2 Å². The molecule has 0 spiro atoms. The maximum atomic E-state index is 12.4. The van der Waals surface area contributed by atoms with Crippen LogP contribution in [0.4, 0.5) is 11.4 Å². The number of anilines is 2. The second-order valence-corrected chi connectivity index (χ2v) is 6.61. The molecule has 3 heterocycles. The molecule has 0 unspecified atom stereocenters. The lowest BCUT2D eigenvalue weighted by Crippen LogP contribution is -2.28. The number of rotatable bonds is 4. The molecular weight excluding hydrogens is 330 g/mol. The average molecular weight is 351 g/mol. The number of fused-ring (bicyclic) bond motifs is 1. The fourth-order valence-corrected chi connectivity index (χ4v) is 3.36. The van der Waals surface area contributed by atoms with Crippen molar-refractivity contribution >= 4 is 22.9 Å². The van der Waals surface area contributed by atoms with Crippen molar-refractivity contribution in [3.8, 4) is 0 Å². The number of nitrogens with zero attached hydrogens (tertiary/aromatic N) is 4.